The fourth-order valence-electron chi connectivity index (χ4n) is 2.15. The summed E-state index contributed by atoms with van der Waals surface area (Å²) in [5.74, 6) is 0.392. The molecule has 2 rings (SSSR count). The van der Waals surface area contributed by atoms with Gasteiger partial charge in [0.05, 0.1) is 13.3 Å². The van der Waals surface area contributed by atoms with E-state index in [1.165, 1.54) is 31.3 Å². The number of thiazole rings is 1. The predicted molar refractivity (Wildman–Crippen MR) is 68.7 cm³/mol. The van der Waals surface area contributed by atoms with E-state index in [0.717, 1.165) is 11.7 Å². The van der Waals surface area contributed by atoms with Crippen LogP contribution in [0.2, 0.25) is 0 Å². The third-order valence-electron chi connectivity index (χ3n) is 3.24. The molecule has 1 aliphatic heterocycles. The third-order valence-corrected chi connectivity index (χ3v) is 4.26. The molecule has 2 unspecified atom stereocenters. The van der Waals surface area contributed by atoms with Gasteiger partial charge in [0, 0.05) is 12.6 Å². The van der Waals surface area contributed by atoms with Crippen molar-refractivity contribution in [1.82, 2.24) is 4.98 Å². The number of methoxy groups -OCH3 is 1. The molecule has 0 bridgehead atoms. The van der Waals surface area contributed by atoms with Gasteiger partial charge >= 0.3 is 5.97 Å². The molecule has 0 aromatic carbocycles. The van der Waals surface area contributed by atoms with Crippen LogP contribution in [0.5, 0.6) is 0 Å². The summed E-state index contributed by atoms with van der Waals surface area (Å²) < 4.78 is 4.70. The highest BCUT2D eigenvalue weighted by Gasteiger charge is 2.25. The number of rotatable bonds is 2. The Morgan fingerprint density at radius 3 is 3.00 bits per heavy atom. The van der Waals surface area contributed by atoms with Crippen molar-refractivity contribution in [3.8, 4) is 0 Å². The van der Waals surface area contributed by atoms with Gasteiger partial charge in [-0.15, -0.1) is 0 Å². The number of hydrogen-bond acceptors (Lipinski definition) is 5. The summed E-state index contributed by atoms with van der Waals surface area (Å²) in [6, 6.07) is 0.503. The highest BCUT2D eigenvalue weighted by atomic mass is 32.1. The number of anilines is 1. The van der Waals surface area contributed by atoms with Crippen molar-refractivity contribution < 1.29 is 9.53 Å². The maximum Gasteiger partial charge on any atom is 0.349 e. The fourth-order valence-corrected chi connectivity index (χ4v) is 3.09. The highest BCUT2D eigenvalue weighted by molar-refractivity contribution is 7.17. The summed E-state index contributed by atoms with van der Waals surface area (Å²) in [6.45, 7) is 5.49. The lowest BCUT2D eigenvalue weighted by atomic mass is 9.96. The number of nitrogens with zero attached hydrogens (tertiary/aromatic N) is 2. The molecule has 0 saturated carbocycles. The number of carbonyl (C=O) groups is 1. The molecular formula is C12H18N2O2S. The summed E-state index contributed by atoms with van der Waals surface area (Å²) in [5.41, 5.74) is 0. The van der Waals surface area contributed by atoms with E-state index < -0.39 is 0 Å². The maximum atomic E-state index is 11.4. The zero-order chi connectivity index (χ0) is 12.4. The average Bonchev–Trinajstić information content (AvgIpc) is 2.80. The largest absolute Gasteiger partial charge is 0.465 e. The zero-order valence-electron chi connectivity index (χ0n) is 10.5. The molecule has 1 saturated heterocycles. The van der Waals surface area contributed by atoms with E-state index in [4.69, 9.17) is 4.74 Å². The van der Waals surface area contributed by atoms with Crippen LogP contribution in [0.15, 0.2) is 6.20 Å². The molecule has 2 heterocycles. The summed E-state index contributed by atoms with van der Waals surface area (Å²) in [6.07, 6.45) is 4.07. The van der Waals surface area contributed by atoms with Crippen LogP contribution in [0.4, 0.5) is 5.13 Å². The van der Waals surface area contributed by atoms with Crippen LogP contribution in [0.25, 0.3) is 0 Å². The summed E-state index contributed by atoms with van der Waals surface area (Å²) in [5, 5.41) is 0.935. The Hall–Kier alpha value is -1.10. The second-order valence-corrected chi connectivity index (χ2v) is 5.69. The second-order valence-electron chi connectivity index (χ2n) is 4.68. The van der Waals surface area contributed by atoms with Crippen LogP contribution in [-0.4, -0.2) is 30.6 Å². The number of aromatic nitrogens is 1. The van der Waals surface area contributed by atoms with Gasteiger partial charge in [-0.25, -0.2) is 9.78 Å². The van der Waals surface area contributed by atoms with Crippen LogP contribution in [0.3, 0.4) is 0 Å². The van der Waals surface area contributed by atoms with E-state index in [1.54, 1.807) is 6.20 Å². The van der Waals surface area contributed by atoms with Crippen LogP contribution < -0.4 is 4.90 Å². The summed E-state index contributed by atoms with van der Waals surface area (Å²) in [7, 11) is 1.40. The number of esters is 1. The molecule has 1 aliphatic rings. The maximum absolute atomic E-state index is 11.4. The Bertz CT molecular complexity index is 405. The first-order chi connectivity index (χ1) is 8.11. The monoisotopic (exact) mass is 254 g/mol. The molecule has 1 aromatic heterocycles. The third kappa shape index (κ3) is 2.60. The topological polar surface area (TPSA) is 42.4 Å². The van der Waals surface area contributed by atoms with E-state index in [9.17, 15) is 4.79 Å². The predicted octanol–water partition coefficient (Wildman–Crippen LogP) is 2.55. The minimum Gasteiger partial charge on any atom is -0.465 e. The van der Waals surface area contributed by atoms with E-state index in [1.807, 2.05) is 0 Å². The first-order valence-corrected chi connectivity index (χ1v) is 6.74. The van der Waals surface area contributed by atoms with Gasteiger partial charge in [0.15, 0.2) is 5.13 Å². The van der Waals surface area contributed by atoms with Crippen molar-refractivity contribution >= 4 is 22.4 Å². The van der Waals surface area contributed by atoms with Gasteiger partial charge in [0.2, 0.25) is 0 Å². The SMILES string of the molecule is COC(=O)c1cnc(N2CC(C)CCC2C)s1. The Balaban J connectivity index is 2.15. The molecule has 94 valence electrons. The molecule has 1 aromatic rings. The first kappa shape index (κ1) is 12.4. The van der Waals surface area contributed by atoms with E-state index in [0.29, 0.717) is 16.8 Å². The lowest BCUT2D eigenvalue weighted by Gasteiger charge is -2.36. The summed E-state index contributed by atoms with van der Waals surface area (Å²) in [4.78, 5) is 18.6. The Morgan fingerprint density at radius 1 is 1.53 bits per heavy atom. The molecular weight excluding hydrogens is 236 g/mol. The quantitative estimate of drug-likeness (QED) is 0.761. The van der Waals surface area contributed by atoms with E-state index in [2.05, 4.69) is 23.7 Å². The van der Waals surface area contributed by atoms with Crippen molar-refractivity contribution in [2.24, 2.45) is 5.92 Å². The minimum atomic E-state index is -0.300. The van der Waals surface area contributed by atoms with Gasteiger partial charge < -0.3 is 9.64 Å². The first-order valence-electron chi connectivity index (χ1n) is 5.92. The van der Waals surface area contributed by atoms with Crippen LogP contribution in [0.1, 0.15) is 36.4 Å². The van der Waals surface area contributed by atoms with Crippen LogP contribution >= 0.6 is 11.3 Å². The normalized spacial score (nSPS) is 24.8. The van der Waals surface area contributed by atoms with Gasteiger partial charge in [-0.1, -0.05) is 18.3 Å². The zero-order valence-corrected chi connectivity index (χ0v) is 11.3. The fraction of sp³-hybridized carbons (Fsp3) is 0.667. The summed E-state index contributed by atoms with van der Waals surface area (Å²) >= 11 is 1.42. The lowest BCUT2D eigenvalue weighted by molar-refractivity contribution is 0.0606. The second kappa shape index (κ2) is 5.04. The van der Waals surface area contributed by atoms with Crippen LogP contribution in [-0.2, 0) is 4.74 Å². The number of ether oxygens (including phenoxy) is 1. The number of carbonyl (C=O) groups excluding carboxylic acids is 1. The van der Waals surface area contributed by atoms with Crippen molar-refractivity contribution in [3.05, 3.63) is 11.1 Å². The molecule has 0 amide bonds. The number of piperidine rings is 1. The smallest absolute Gasteiger partial charge is 0.349 e. The van der Waals surface area contributed by atoms with E-state index in [-0.39, 0.29) is 5.97 Å². The van der Waals surface area contributed by atoms with Crippen molar-refractivity contribution in [2.45, 2.75) is 32.7 Å². The molecule has 17 heavy (non-hydrogen) atoms. The molecule has 0 spiro atoms. The Kier molecular flexibility index (Phi) is 3.66. The van der Waals surface area contributed by atoms with Crippen molar-refractivity contribution in [3.63, 3.8) is 0 Å². The average molecular weight is 254 g/mol. The number of hydrogen-bond donors (Lipinski definition) is 0. The molecule has 2 atom stereocenters. The van der Waals surface area contributed by atoms with Gasteiger partial charge in [-0.05, 0) is 25.7 Å². The Morgan fingerprint density at radius 2 is 2.29 bits per heavy atom. The van der Waals surface area contributed by atoms with Gasteiger partial charge in [-0.3, -0.25) is 0 Å². The molecule has 0 radical (unpaired) electrons. The standard InChI is InChI=1S/C12H18N2O2S/c1-8-4-5-9(2)14(7-8)12-13-6-10(17-12)11(15)16-3/h6,8-9H,4-5,7H2,1-3H3. The van der Waals surface area contributed by atoms with Crippen LogP contribution in [0, 0.1) is 5.92 Å². The molecule has 1 fully saturated rings. The molecule has 5 heteroatoms. The lowest BCUT2D eigenvalue weighted by Crippen LogP contribution is -2.40. The van der Waals surface area contributed by atoms with Gasteiger partial charge in [0.1, 0.15) is 4.88 Å². The van der Waals surface area contributed by atoms with E-state index >= 15 is 0 Å². The van der Waals surface area contributed by atoms with Gasteiger partial charge in [0.25, 0.3) is 0 Å². The van der Waals surface area contributed by atoms with Crippen molar-refractivity contribution in [1.29, 1.82) is 0 Å². The minimum absolute atomic E-state index is 0.300. The molecule has 4 nitrogen and oxygen atoms in total. The Labute approximate surface area is 106 Å². The molecule has 0 aliphatic carbocycles. The van der Waals surface area contributed by atoms with Crippen molar-refractivity contribution in [2.75, 3.05) is 18.6 Å². The van der Waals surface area contributed by atoms with Gasteiger partial charge in [-0.2, -0.15) is 0 Å². The highest BCUT2D eigenvalue weighted by Crippen LogP contribution is 2.30. The molecule has 0 N–H and O–H groups in total.